The highest BCUT2D eigenvalue weighted by molar-refractivity contribution is 7.45. The molecule has 1 rings (SSSR count). The summed E-state index contributed by atoms with van der Waals surface area (Å²) in [6.07, 6.45) is 37.4. The summed E-state index contributed by atoms with van der Waals surface area (Å²) in [4.78, 5) is 25.3. The van der Waals surface area contributed by atoms with Crippen LogP contribution in [0.4, 0.5) is 0 Å². The van der Waals surface area contributed by atoms with Gasteiger partial charge in [0, 0.05) is 6.42 Å². The largest absolute Gasteiger partial charge is 0.756 e. The number of phosphoric acid groups is 1. The maximum Gasteiger partial charge on any atom is 0.268 e. The number of nitrogens with one attached hydrogen (secondary N) is 1. The molecule has 0 aromatic carbocycles. The first-order valence-corrected chi connectivity index (χ1v) is 21.6. The van der Waals surface area contributed by atoms with Crippen molar-refractivity contribution in [3.63, 3.8) is 0 Å². The van der Waals surface area contributed by atoms with E-state index in [2.05, 4.69) is 55.6 Å². The first kappa shape index (κ1) is 47.4. The van der Waals surface area contributed by atoms with Crippen molar-refractivity contribution >= 4 is 13.7 Å². The molecule has 1 saturated heterocycles. The summed E-state index contributed by atoms with van der Waals surface area (Å²) < 4.78 is 28.9. The molecular weight excluding hydrogens is 663 g/mol. The van der Waals surface area contributed by atoms with Crippen LogP contribution in [0, 0.1) is 0 Å². The lowest BCUT2D eigenvalue weighted by molar-refractivity contribution is -0.870. The zero-order valence-electron chi connectivity index (χ0n) is 33.0. The van der Waals surface area contributed by atoms with Crippen LogP contribution in [0.3, 0.4) is 0 Å². The second-order valence-corrected chi connectivity index (χ2v) is 16.4. The van der Waals surface area contributed by atoms with Crippen LogP contribution in [0.15, 0.2) is 48.6 Å². The molecule has 1 heterocycles. The molecule has 1 fully saturated rings. The number of rotatable bonds is 34. The SMILES string of the molecule is CCCCC/C=C\C/C=C\C/C=C\CC1OC1CCCC(=O)N[C@@H](COP(=O)([O-])OCC[N+](C)(C)C)[C@H](O)/C=C/CCCCCCCCCCC. The summed E-state index contributed by atoms with van der Waals surface area (Å²) in [7, 11) is 1.20. The number of likely N-dealkylation sites (N-methyl/N-ethyl adjacent to an activating group) is 1. The first-order chi connectivity index (χ1) is 24.5. The van der Waals surface area contributed by atoms with Gasteiger partial charge in [0.1, 0.15) is 13.2 Å². The van der Waals surface area contributed by atoms with Crippen LogP contribution < -0.4 is 10.2 Å². The van der Waals surface area contributed by atoms with E-state index in [4.69, 9.17) is 13.8 Å². The van der Waals surface area contributed by atoms with Crippen LogP contribution in [0.1, 0.15) is 142 Å². The number of amides is 1. The number of carbonyl (C=O) groups is 1. The number of carbonyl (C=O) groups excluding carboxylic acids is 1. The van der Waals surface area contributed by atoms with Crippen molar-refractivity contribution < 1.29 is 37.6 Å². The van der Waals surface area contributed by atoms with Gasteiger partial charge >= 0.3 is 0 Å². The van der Waals surface area contributed by atoms with Crippen molar-refractivity contribution in [3.05, 3.63) is 48.6 Å². The quantitative estimate of drug-likeness (QED) is 0.0223. The van der Waals surface area contributed by atoms with E-state index >= 15 is 0 Å². The highest BCUT2D eigenvalue weighted by atomic mass is 31.2. The zero-order chi connectivity index (χ0) is 37.6. The molecule has 0 aromatic heterocycles. The predicted molar refractivity (Wildman–Crippen MR) is 209 cm³/mol. The molecule has 0 radical (unpaired) electrons. The van der Waals surface area contributed by atoms with Crippen LogP contribution in [-0.2, 0) is 23.1 Å². The van der Waals surface area contributed by atoms with E-state index in [9.17, 15) is 19.4 Å². The van der Waals surface area contributed by atoms with Gasteiger partial charge < -0.3 is 33.6 Å². The van der Waals surface area contributed by atoms with Crippen LogP contribution in [0.5, 0.6) is 0 Å². The number of epoxide rings is 1. The van der Waals surface area contributed by atoms with Gasteiger partial charge in [-0.05, 0) is 57.8 Å². The Bertz CT molecular complexity index is 1040. The van der Waals surface area contributed by atoms with E-state index < -0.39 is 26.6 Å². The fraction of sp³-hybridized carbons (Fsp3) is 0.780. The third-order valence-electron chi connectivity index (χ3n) is 8.96. The van der Waals surface area contributed by atoms with Crippen molar-refractivity contribution in [3.8, 4) is 0 Å². The molecule has 2 N–H and O–H groups in total. The molecule has 1 aliphatic rings. The van der Waals surface area contributed by atoms with Gasteiger partial charge in [-0.2, -0.15) is 0 Å². The summed E-state index contributed by atoms with van der Waals surface area (Å²) in [5.41, 5.74) is 0. The lowest BCUT2D eigenvalue weighted by Crippen LogP contribution is -2.45. The third kappa shape index (κ3) is 29.6. The summed E-state index contributed by atoms with van der Waals surface area (Å²) in [5, 5.41) is 13.7. The molecule has 0 saturated carbocycles. The predicted octanol–water partition coefficient (Wildman–Crippen LogP) is 8.87. The second kappa shape index (κ2) is 29.8. The van der Waals surface area contributed by atoms with Crippen LogP contribution in [-0.4, -0.2) is 80.8 Å². The van der Waals surface area contributed by atoms with Gasteiger partial charge in [0.15, 0.2) is 0 Å². The summed E-state index contributed by atoms with van der Waals surface area (Å²) >= 11 is 0. The van der Waals surface area contributed by atoms with Crippen molar-refractivity contribution in [1.29, 1.82) is 0 Å². The maximum atomic E-state index is 12.9. The van der Waals surface area contributed by atoms with Gasteiger partial charge in [-0.25, -0.2) is 0 Å². The number of aliphatic hydroxyl groups excluding tert-OH is 1. The molecule has 1 aliphatic heterocycles. The van der Waals surface area contributed by atoms with Gasteiger partial charge in [-0.3, -0.25) is 9.36 Å². The Kier molecular flexibility index (Phi) is 27.7. The van der Waals surface area contributed by atoms with Crippen LogP contribution in [0.25, 0.3) is 0 Å². The number of aliphatic hydroxyl groups is 1. The molecule has 5 atom stereocenters. The number of hydrogen-bond donors (Lipinski definition) is 2. The number of allylic oxidation sites excluding steroid dienone is 6. The third-order valence-corrected chi connectivity index (χ3v) is 9.92. The van der Waals surface area contributed by atoms with Crippen molar-refractivity contribution in [2.24, 2.45) is 0 Å². The highest BCUT2D eigenvalue weighted by Crippen LogP contribution is 2.38. The number of phosphoric ester groups is 1. The lowest BCUT2D eigenvalue weighted by Gasteiger charge is -2.29. The summed E-state index contributed by atoms with van der Waals surface area (Å²) in [6.45, 7) is 4.51. The van der Waals surface area contributed by atoms with Crippen LogP contribution in [0.2, 0.25) is 0 Å². The maximum absolute atomic E-state index is 12.9. The molecule has 1 amide bonds. The van der Waals surface area contributed by atoms with Crippen LogP contribution >= 0.6 is 7.82 Å². The molecule has 51 heavy (non-hydrogen) atoms. The Morgan fingerprint density at radius 1 is 0.804 bits per heavy atom. The smallest absolute Gasteiger partial charge is 0.268 e. The molecule has 9 nitrogen and oxygen atoms in total. The number of hydrogen-bond acceptors (Lipinski definition) is 7. The van der Waals surface area contributed by atoms with E-state index in [0.29, 0.717) is 17.4 Å². The Labute approximate surface area is 312 Å². The van der Waals surface area contributed by atoms with Gasteiger partial charge in [0.05, 0.1) is 52.1 Å². The minimum absolute atomic E-state index is 0.0172. The summed E-state index contributed by atoms with van der Waals surface area (Å²) in [5.74, 6) is -0.263. The van der Waals surface area contributed by atoms with Crippen molar-refractivity contribution in [1.82, 2.24) is 5.32 Å². The molecule has 0 aromatic rings. The standard InChI is InChI=1S/C41H75N2O7P/c1-6-8-10-12-14-16-18-20-22-24-26-28-31-39-40(50-39)32-29-33-41(45)42-37(36-49-51(46,47)48-35-34-43(3,4)5)38(44)30-27-25-23-21-19-17-15-13-11-9-7-2/h14,16,20,22,26-28,30,37-40,44H,6-13,15,17-19,21,23-25,29,31-36H2,1-5H3,(H-,42,45,46,47)/b16-14-,22-20-,28-26-,30-27+/t37-,38+,39?,40?/m0/s1. The minimum atomic E-state index is -4.61. The average molecular weight is 739 g/mol. The number of nitrogens with zero attached hydrogens (tertiary/aromatic N) is 1. The minimum Gasteiger partial charge on any atom is -0.756 e. The fourth-order valence-electron chi connectivity index (χ4n) is 5.59. The van der Waals surface area contributed by atoms with Gasteiger partial charge in [0.2, 0.25) is 5.91 Å². The molecule has 10 heteroatoms. The molecule has 0 bridgehead atoms. The zero-order valence-corrected chi connectivity index (χ0v) is 33.9. The van der Waals surface area contributed by atoms with E-state index in [1.54, 1.807) is 6.08 Å². The van der Waals surface area contributed by atoms with Crippen molar-refractivity contribution in [2.75, 3.05) is 40.9 Å². The molecule has 0 spiro atoms. The number of ether oxygens (including phenoxy) is 1. The fourth-order valence-corrected chi connectivity index (χ4v) is 6.31. The Hall–Kier alpha value is -1.58. The molecule has 296 valence electrons. The molecule has 3 unspecified atom stereocenters. The second-order valence-electron chi connectivity index (χ2n) is 15.0. The monoisotopic (exact) mass is 739 g/mol. The Morgan fingerprint density at radius 3 is 2.04 bits per heavy atom. The van der Waals surface area contributed by atoms with Crippen molar-refractivity contribution in [2.45, 2.75) is 167 Å². The first-order valence-electron chi connectivity index (χ1n) is 20.1. The Balaban J connectivity index is 2.43. The normalized spacial score (nSPS) is 19.0. The van der Waals surface area contributed by atoms with E-state index in [0.717, 1.165) is 44.9 Å². The molecular formula is C41H75N2O7P. The molecule has 0 aliphatic carbocycles. The van der Waals surface area contributed by atoms with E-state index in [1.165, 1.54) is 70.6 Å². The number of unbranched alkanes of at least 4 members (excludes halogenated alkanes) is 12. The lowest BCUT2D eigenvalue weighted by atomic mass is 10.1. The van der Waals surface area contributed by atoms with Gasteiger partial charge in [-0.1, -0.05) is 127 Å². The van der Waals surface area contributed by atoms with E-state index in [1.807, 2.05) is 27.2 Å². The van der Waals surface area contributed by atoms with Gasteiger partial charge in [0.25, 0.3) is 7.82 Å². The summed E-state index contributed by atoms with van der Waals surface area (Å²) in [6, 6.07) is -0.924. The van der Waals surface area contributed by atoms with E-state index in [-0.39, 0.29) is 31.1 Å². The Morgan fingerprint density at radius 2 is 1.37 bits per heavy atom. The topological polar surface area (TPSA) is 120 Å². The highest BCUT2D eigenvalue weighted by Gasteiger charge is 2.36. The number of quaternary nitrogens is 1. The van der Waals surface area contributed by atoms with Gasteiger partial charge in [-0.15, -0.1) is 0 Å². The average Bonchev–Trinajstić information content (AvgIpc) is 3.82.